The third-order valence-electron chi connectivity index (χ3n) is 5.38. The summed E-state index contributed by atoms with van der Waals surface area (Å²) in [5, 5.41) is 0. The van der Waals surface area contributed by atoms with Crippen molar-refractivity contribution in [2.24, 2.45) is 0 Å². The minimum absolute atomic E-state index is 0.0597. The predicted octanol–water partition coefficient (Wildman–Crippen LogP) is 2.86. The average molecular weight is 545 g/mol. The summed E-state index contributed by atoms with van der Waals surface area (Å²) in [5.74, 6) is 0. The van der Waals surface area contributed by atoms with E-state index in [1.54, 1.807) is 0 Å². The molecule has 220 valence electrons. The van der Waals surface area contributed by atoms with Gasteiger partial charge in [0.25, 0.3) is 0 Å². The van der Waals surface area contributed by atoms with Gasteiger partial charge in [-0.25, -0.2) is 0 Å². The Morgan fingerprint density at radius 1 is 0.500 bits per heavy atom. The predicted molar refractivity (Wildman–Crippen MR) is 141 cm³/mol. The molecule has 38 heavy (non-hydrogen) atoms. The van der Waals surface area contributed by atoms with Crippen LogP contribution in [-0.2, 0) is 54.0 Å². The normalized spacial score (nSPS) is 15.7. The van der Waals surface area contributed by atoms with E-state index in [1.807, 2.05) is 30.3 Å². The molecule has 10 nitrogen and oxygen atoms in total. The fourth-order valence-corrected chi connectivity index (χ4v) is 3.38. The number of hydrogen-bond acceptors (Lipinski definition) is 10. The van der Waals surface area contributed by atoms with Gasteiger partial charge in [0, 0.05) is 6.61 Å². The lowest BCUT2D eigenvalue weighted by Crippen LogP contribution is -2.24. The van der Waals surface area contributed by atoms with Crippen molar-refractivity contribution in [3.63, 3.8) is 0 Å². The van der Waals surface area contributed by atoms with E-state index in [1.165, 1.54) is 6.42 Å². The van der Waals surface area contributed by atoms with E-state index < -0.39 is 0 Å². The molecule has 0 radical (unpaired) electrons. The van der Waals surface area contributed by atoms with E-state index in [9.17, 15) is 0 Å². The summed E-state index contributed by atoms with van der Waals surface area (Å²) in [6, 6.07) is 10.1. The monoisotopic (exact) mass is 544 g/mol. The molecule has 1 aromatic rings. The molecular formula is C28H48O10. The van der Waals surface area contributed by atoms with E-state index in [0.29, 0.717) is 112 Å². The van der Waals surface area contributed by atoms with Gasteiger partial charge in [-0.3, -0.25) is 0 Å². The Morgan fingerprint density at radius 3 is 1.34 bits per heavy atom. The minimum atomic E-state index is -0.0597. The van der Waals surface area contributed by atoms with Crippen LogP contribution in [0.1, 0.15) is 24.8 Å². The van der Waals surface area contributed by atoms with Gasteiger partial charge in [-0.15, -0.1) is 0 Å². The summed E-state index contributed by atoms with van der Waals surface area (Å²) in [4.78, 5) is 0. The Labute approximate surface area is 228 Å². The zero-order chi connectivity index (χ0) is 26.6. The SMILES string of the molecule is c1ccc(COCCOCCOCCOCCOCCOCCOCCOCCO[C@H]2CCCCO2)cc1. The highest BCUT2D eigenvalue weighted by molar-refractivity contribution is 5.13. The van der Waals surface area contributed by atoms with Gasteiger partial charge in [-0.2, -0.15) is 0 Å². The summed E-state index contributed by atoms with van der Waals surface area (Å²) in [6.07, 6.45) is 3.21. The number of ether oxygens (including phenoxy) is 10. The maximum atomic E-state index is 5.60. The van der Waals surface area contributed by atoms with Gasteiger partial charge in [-0.1, -0.05) is 30.3 Å². The fourth-order valence-electron chi connectivity index (χ4n) is 3.38. The van der Waals surface area contributed by atoms with Crippen molar-refractivity contribution in [1.82, 2.24) is 0 Å². The van der Waals surface area contributed by atoms with Crippen LogP contribution in [0.4, 0.5) is 0 Å². The Bertz CT molecular complexity index is 601. The molecule has 1 saturated heterocycles. The van der Waals surface area contributed by atoms with Crippen molar-refractivity contribution in [3.05, 3.63) is 35.9 Å². The lowest BCUT2D eigenvalue weighted by Gasteiger charge is -2.22. The van der Waals surface area contributed by atoms with Crippen LogP contribution >= 0.6 is 0 Å². The van der Waals surface area contributed by atoms with E-state index in [2.05, 4.69) is 0 Å². The van der Waals surface area contributed by atoms with Crippen molar-refractivity contribution >= 4 is 0 Å². The Balaban J connectivity index is 1.15. The smallest absolute Gasteiger partial charge is 0.157 e. The third kappa shape index (κ3) is 20.7. The molecule has 0 amide bonds. The molecule has 1 aliphatic rings. The summed E-state index contributed by atoms with van der Waals surface area (Å²) in [6.45, 7) is 10.0. The molecule has 1 aromatic carbocycles. The molecule has 0 N–H and O–H groups in total. The highest BCUT2D eigenvalue weighted by Gasteiger charge is 2.13. The second-order valence-electron chi connectivity index (χ2n) is 8.49. The Kier molecular flexibility index (Phi) is 22.7. The molecule has 0 unspecified atom stereocenters. The van der Waals surface area contributed by atoms with Crippen molar-refractivity contribution in [2.75, 3.05) is 112 Å². The van der Waals surface area contributed by atoms with Gasteiger partial charge in [0.1, 0.15) is 0 Å². The molecule has 0 spiro atoms. The third-order valence-corrected chi connectivity index (χ3v) is 5.38. The Hall–Kier alpha value is -1.18. The van der Waals surface area contributed by atoms with Gasteiger partial charge in [-0.05, 0) is 24.8 Å². The first kappa shape index (κ1) is 33.0. The van der Waals surface area contributed by atoms with Crippen molar-refractivity contribution in [3.8, 4) is 0 Å². The van der Waals surface area contributed by atoms with Gasteiger partial charge in [0.05, 0.1) is 112 Å². The van der Waals surface area contributed by atoms with Crippen molar-refractivity contribution < 1.29 is 47.4 Å². The summed E-state index contributed by atoms with van der Waals surface area (Å²) < 4.78 is 55.0. The first-order chi connectivity index (χ1) is 18.9. The van der Waals surface area contributed by atoms with Crippen LogP contribution in [0.5, 0.6) is 0 Å². The van der Waals surface area contributed by atoms with Crippen LogP contribution in [0.25, 0.3) is 0 Å². The highest BCUT2D eigenvalue weighted by atomic mass is 16.7. The molecule has 1 atom stereocenters. The lowest BCUT2D eigenvalue weighted by molar-refractivity contribution is -0.169. The van der Waals surface area contributed by atoms with Crippen LogP contribution in [0.15, 0.2) is 30.3 Å². The second-order valence-corrected chi connectivity index (χ2v) is 8.49. The zero-order valence-electron chi connectivity index (χ0n) is 22.9. The largest absolute Gasteiger partial charge is 0.377 e. The van der Waals surface area contributed by atoms with Gasteiger partial charge in [0.15, 0.2) is 6.29 Å². The highest BCUT2D eigenvalue weighted by Crippen LogP contribution is 2.13. The zero-order valence-corrected chi connectivity index (χ0v) is 22.9. The first-order valence-electron chi connectivity index (χ1n) is 13.8. The van der Waals surface area contributed by atoms with Crippen LogP contribution in [0.3, 0.4) is 0 Å². The molecular weight excluding hydrogens is 496 g/mol. The van der Waals surface area contributed by atoms with Gasteiger partial charge >= 0.3 is 0 Å². The average Bonchev–Trinajstić information content (AvgIpc) is 2.96. The van der Waals surface area contributed by atoms with Crippen molar-refractivity contribution in [1.29, 1.82) is 0 Å². The topological polar surface area (TPSA) is 92.3 Å². The molecule has 1 heterocycles. The van der Waals surface area contributed by atoms with Crippen LogP contribution in [0, 0.1) is 0 Å². The minimum Gasteiger partial charge on any atom is -0.377 e. The standard InChI is InChI=1S/C28H48O10/c1-2-6-27(7-3-1)26-36-23-22-34-19-18-32-15-14-30-11-10-29-12-13-31-16-17-33-20-21-35-24-25-38-28-8-4-5-9-37-28/h1-3,6-7,28H,4-5,8-26H2/t28-/m0/s1. The molecule has 0 aromatic heterocycles. The second kappa shape index (κ2) is 26.1. The molecule has 0 saturated carbocycles. The van der Waals surface area contributed by atoms with E-state index in [-0.39, 0.29) is 6.29 Å². The first-order valence-corrected chi connectivity index (χ1v) is 13.8. The summed E-state index contributed by atoms with van der Waals surface area (Å²) >= 11 is 0. The summed E-state index contributed by atoms with van der Waals surface area (Å²) in [5.41, 5.74) is 1.16. The van der Waals surface area contributed by atoms with Crippen molar-refractivity contribution in [2.45, 2.75) is 32.2 Å². The number of hydrogen-bond donors (Lipinski definition) is 0. The lowest BCUT2D eigenvalue weighted by atomic mass is 10.2. The fraction of sp³-hybridized carbons (Fsp3) is 0.786. The maximum Gasteiger partial charge on any atom is 0.157 e. The molecule has 0 aliphatic carbocycles. The van der Waals surface area contributed by atoms with E-state index >= 15 is 0 Å². The van der Waals surface area contributed by atoms with E-state index in [4.69, 9.17) is 47.4 Å². The molecule has 10 heteroatoms. The molecule has 0 bridgehead atoms. The maximum absolute atomic E-state index is 5.60. The summed E-state index contributed by atoms with van der Waals surface area (Å²) in [7, 11) is 0. The van der Waals surface area contributed by atoms with Crippen LogP contribution < -0.4 is 0 Å². The quantitative estimate of drug-likeness (QED) is 0.154. The molecule has 2 rings (SSSR count). The van der Waals surface area contributed by atoms with Crippen LogP contribution in [-0.4, -0.2) is 119 Å². The van der Waals surface area contributed by atoms with E-state index in [0.717, 1.165) is 25.0 Å². The molecule has 1 aliphatic heterocycles. The number of rotatable bonds is 27. The van der Waals surface area contributed by atoms with Gasteiger partial charge in [0.2, 0.25) is 0 Å². The molecule has 1 fully saturated rings. The van der Waals surface area contributed by atoms with Crippen LogP contribution in [0.2, 0.25) is 0 Å². The van der Waals surface area contributed by atoms with Gasteiger partial charge < -0.3 is 47.4 Å². The number of benzene rings is 1. The Morgan fingerprint density at radius 2 is 0.921 bits per heavy atom.